The molecule has 2 aromatic rings. The highest BCUT2D eigenvalue weighted by molar-refractivity contribution is 5.73. The Balaban J connectivity index is 2.45. The molecule has 78 valence electrons. The van der Waals surface area contributed by atoms with Crippen molar-refractivity contribution in [3.63, 3.8) is 0 Å². The average molecular weight is 202 g/mol. The van der Waals surface area contributed by atoms with E-state index >= 15 is 0 Å². The molecular formula is C12H14N2O. The first-order chi connectivity index (χ1) is 7.22. The van der Waals surface area contributed by atoms with Crippen LogP contribution in [-0.4, -0.2) is 11.7 Å². The third-order valence-electron chi connectivity index (χ3n) is 2.47. The van der Waals surface area contributed by atoms with Gasteiger partial charge < -0.3 is 15.0 Å². The van der Waals surface area contributed by atoms with E-state index in [2.05, 4.69) is 0 Å². The van der Waals surface area contributed by atoms with Gasteiger partial charge in [0.05, 0.1) is 18.5 Å². The first kappa shape index (κ1) is 9.65. The zero-order valence-electron chi connectivity index (χ0n) is 8.90. The molecule has 0 saturated carbocycles. The minimum atomic E-state index is 0.794. The highest BCUT2D eigenvalue weighted by atomic mass is 16.5. The lowest BCUT2D eigenvalue weighted by molar-refractivity contribution is 0.415. The lowest BCUT2D eigenvalue weighted by Crippen LogP contribution is -1.93. The van der Waals surface area contributed by atoms with Crippen molar-refractivity contribution < 1.29 is 4.74 Å². The minimum Gasteiger partial charge on any atom is -0.497 e. The Hall–Kier alpha value is -1.90. The Morgan fingerprint density at radius 3 is 2.27 bits per heavy atom. The number of methoxy groups -OCH3 is 1. The lowest BCUT2D eigenvalue weighted by Gasteiger charge is -2.06. The van der Waals surface area contributed by atoms with Gasteiger partial charge in [-0.15, -0.1) is 0 Å². The van der Waals surface area contributed by atoms with Crippen LogP contribution in [0.4, 0.5) is 5.69 Å². The van der Waals surface area contributed by atoms with E-state index in [1.807, 2.05) is 48.1 Å². The van der Waals surface area contributed by atoms with E-state index in [1.54, 1.807) is 7.11 Å². The fourth-order valence-electron chi connectivity index (χ4n) is 1.67. The van der Waals surface area contributed by atoms with Gasteiger partial charge in [-0.2, -0.15) is 0 Å². The fraction of sp³-hybridized carbons (Fsp3) is 0.167. The molecule has 15 heavy (non-hydrogen) atoms. The Morgan fingerprint density at radius 2 is 1.80 bits per heavy atom. The van der Waals surface area contributed by atoms with Crippen molar-refractivity contribution >= 4 is 5.69 Å². The van der Waals surface area contributed by atoms with Crippen molar-refractivity contribution in [3.05, 3.63) is 36.5 Å². The van der Waals surface area contributed by atoms with E-state index in [9.17, 15) is 0 Å². The summed E-state index contributed by atoms with van der Waals surface area (Å²) in [5.41, 5.74) is 8.82. The number of hydrogen-bond acceptors (Lipinski definition) is 2. The van der Waals surface area contributed by atoms with E-state index in [-0.39, 0.29) is 0 Å². The Bertz CT molecular complexity index is 437. The molecule has 0 bridgehead atoms. The van der Waals surface area contributed by atoms with Gasteiger partial charge in [0.2, 0.25) is 0 Å². The molecule has 0 atom stereocenters. The van der Waals surface area contributed by atoms with Crippen molar-refractivity contribution in [1.82, 2.24) is 4.57 Å². The molecule has 0 aliphatic rings. The fourth-order valence-corrected chi connectivity index (χ4v) is 1.67. The Labute approximate surface area is 89.1 Å². The molecule has 0 aliphatic carbocycles. The molecule has 0 aliphatic heterocycles. The minimum absolute atomic E-state index is 0.794. The summed E-state index contributed by atoms with van der Waals surface area (Å²) in [5, 5.41) is 0. The molecule has 0 radical (unpaired) electrons. The van der Waals surface area contributed by atoms with Crippen LogP contribution >= 0.6 is 0 Å². The highest BCUT2D eigenvalue weighted by Crippen LogP contribution is 2.27. The van der Waals surface area contributed by atoms with E-state index in [0.717, 1.165) is 22.7 Å². The summed E-state index contributed by atoms with van der Waals surface area (Å²) in [6.45, 7) is 0. The normalized spacial score (nSPS) is 10.3. The molecule has 1 heterocycles. The van der Waals surface area contributed by atoms with Crippen LogP contribution in [0.2, 0.25) is 0 Å². The monoisotopic (exact) mass is 202 g/mol. The number of aryl methyl sites for hydroxylation is 1. The standard InChI is InChI=1S/C12H14N2O/c1-14-8-7-11(13)12(14)9-3-5-10(15-2)6-4-9/h3-8H,13H2,1-2H3. The third-order valence-corrected chi connectivity index (χ3v) is 2.47. The summed E-state index contributed by atoms with van der Waals surface area (Å²) in [7, 11) is 3.64. The van der Waals surface area contributed by atoms with Crippen LogP contribution in [-0.2, 0) is 7.05 Å². The van der Waals surface area contributed by atoms with Gasteiger partial charge in [0.1, 0.15) is 5.75 Å². The largest absolute Gasteiger partial charge is 0.497 e. The summed E-state index contributed by atoms with van der Waals surface area (Å²) in [6.07, 6.45) is 1.95. The summed E-state index contributed by atoms with van der Waals surface area (Å²) in [4.78, 5) is 0. The van der Waals surface area contributed by atoms with Gasteiger partial charge in [-0.1, -0.05) is 0 Å². The molecule has 3 nitrogen and oxygen atoms in total. The van der Waals surface area contributed by atoms with Gasteiger partial charge >= 0.3 is 0 Å². The van der Waals surface area contributed by atoms with Gasteiger partial charge in [-0.05, 0) is 30.3 Å². The van der Waals surface area contributed by atoms with Gasteiger partial charge in [0.15, 0.2) is 0 Å². The van der Waals surface area contributed by atoms with E-state index in [1.165, 1.54) is 0 Å². The summed E-state index contributed by atoms with van der Waals surface area (Å²) in [6, 6.07) is 9.78. The number of anilines is 1. The molecule has 0 unspecified atom stereocenters. The van der Waals surface area contributed by atoms with Crippen LogP contribution in [0.25, 0.3) is 11.3 Å². The van der Waals surface area contributed by atoms with E-state index in [4.69, 9.17) is 10.5 Å². The molecule has 0 spiro atoms. The average Bonchev–Trinajstić information content (AvgIpc) is 2.59. The molecular weight excluding hydrogens is 188 g/mol. The number of benzene rings is 1. The van der Waals surface area contributed by atoms with Gasteiger partial charge in [0.25, 0.3) is 0 Å². The first-order valence-electron chi connectivity index (χ1n) is 4.77. The first-order valence-corrected chi connectivity index (χ1v) is 4.77. The smallest absolute Gasteiger partial charge is 0.118 e. The van der Waals surface area contributed by atoms with Gasteiger partial charge in [-0.25, -0.2) is 0 Å². The molecule has 1 aromatic carbocycles. The number of aromatic nitrogens is 1. The molecule has 2 N–H and O–H groups in total. The summed E-state index contributed by atoms with van der Waals surface area (Å²) in [5.74, 6) is 0.853. The molecule has 3 heteroatoms. The molecule has 1 aromatic heterocycles. The van der Waals surface area contributed by atoms with Crippen LogP contribution in [0.15, 0.2) is 36.5 Å². The number of rotatable bonds is 2. The van der Waals surface area contributed by atoms with Gasteiger partial charge in [-0.3, -0.25) is 0 Å². The Morgan fingerprint density at radius 1 is 1.13 bits per heavy atom. The molecule has 2 rings (SSSR count). The second-order valence-electron chi connectivity index (χ2n) is 3.46. The SMILES string of the molecule is COc1ccc(-c2c(N)ccn2C)cc1. The topological polar surface area (TPSA) is 40.2 Å². The van der Waals surface area contributed by atoms with Crippen molar-refractivity contribution in [2.45, 2.75) is 0 Å². The third kappa shape index (κ3) is 1.68. The van der Waals surface area contributed by atoms with Crippen molar-refractivity contribution in [3.8, 4) is 17.0 Å². The van der Waals surface area contributed by atoms with Crippen LogP contribution < -0.4 is 10.5 Å². The second-order valence-corrected chi connectivity index (χ2v) is 3.46. The van der Waals surface area contributed by atoms with Crippen LogP contribution in [0, 0.1) is 0 Å². The lowest BCUT2D eigenvalue weighted by atomic mass is 10.1. The van der Waals surface area contributed by atoms with Crippen molar-refractivity contribution in [2.24, 2.45) is 7.05 Å². The van der Waals surface area contributed by atoms with E-state index in [0.29, 0.717) is 0 Å². The zero-order valence-corrected chi connectivity index (χ0v) is 8.90. The number of ether oxygens (including phenoxy) is 1. The highest BCUT2D eigenvalue weighted by Gasteiger charge is 2.06. The van der Waals surface area contributed by atoms with Gasteiger partial charge in [0, 0.05) is 18.8 Å². The summed E-state index contributed by atoms with van der Waals surface area (Å²) >= 11 is 0. The maximum atomic E-state index is 5.89. The molecule has 0 fully saturated rings. The maximum Gasteiger partial charge on any atom is 0.118 e. The molecule has 0 saturated heterocycles. The molecule has 0 amide bonds. The maximum absolute atomic E-state index is 5.89. The second kappa shape index (κ2) is 3.69. The predicted octanol–water partition coefficient (Wildman–Crippen LogP) is 2.28. The number of hydrogen-bond donors (Lipinski definition) is 1. The van der Waals surface area contributed by atoms with Crippen LogP contribution in [0.5, 0.6) is 5.75 Å². The number of nitrogens with zero attached hydrogens (tertiary/aromatic N) is 1. The number of nitrogen functional groups attached to an aromatic ring is 1. The van der Waals surface area contributed by atoms with Crippen LogP contribution in [0.3, 0.4) is 0 Å². The number of nitrogens with two attached hydrogens (primary N) is 1. The predicted molar refractivity (Wildman–Crippen MR) is 61.8 cm³/mol. The van der Waals surface area contributed by atoms with Crippen molar-refractivity contribution in [2.75, 3.05) is 12.8 Å². The quantitative estimate of drug-likeness (QED) is 0.811. The summed E-state index contributed by atoms with van der Waals surface area (Å²) < 4.78 is 7.12. The van der Waals surface area contributed by atoms with Crippen molar-refractivity contribution in [1.29, 1.82) is 0 Å². The Kier molecular flexibility index (Phi) is 2.37. The zero-order chi connectivity index (χ0) is 10.8. The van der Waals surface area contributed by atoms with Crippen LogP contribution in [0.1, 0.15) is 0 Å². The van der Waals surface area contributed by atoms with E-state index < -0.39 is 0 Å².